The Labute approximate surface area is 214 Å². The van der Waals surface area contributed by atoms with Gasteiger partial charge in [-0.3, -0.25) is 9.79 Å². The van der Waals surface area contributed by atoms with Crippen molar-refractivity contribution in [2.75, 3.05) is 19.7 Å². The van der Waals surface area contributed by atoms with E-state index in [1.165, 1.54) is 0 Å². The summed E-state index contributed by atoms with van der Waals surface area (Å²) >= 11 is 5.92. The van der Waals surface area contributed by atoms with Crippen LogP contribution in [0.3, 0.4) is 0 Å². The van der Waals surface area contributed by atoms with E-state index >= 15 is 0 Å². The third-order valence-corrected chi connectivity index (χ3v) is 6.58. The second kappa shape index (κ2) is 11.4. The summed E-state index contributed by atoms with van der Waals surface area (Å²) in [6, 6.07) is 7.05. The number of nitrogens with one attached hydrogen (secondary N) is 1. The van der Waals surface area contributed by atoms with Crippen LogP contribution in [-0.2, 0) is 4.74 Å². The van der Waals surface area contributed by atoms with Crippen molar-refractivity contribution < 1.29 is 14.3 Å². The number of hydrogen-bond donors (Lipinski definition) is 3. The Morgan fingerprint density at radius 1 is 1.25 bits per heavy atom. The molecule has 4 rings (SSSR count). The molecular weight excluding hydrogens is 482 g/mol. The number of carbonyl (C=O) groups excluding carboxylic acids is 2. The first-order valence-electron chi connectivity index (χ1n) is 11.9. The van der Waals surface area contributed by atoms with E-state index in [-0.39, 0.29) is 29.3 Å². The third kappa shape index (κ3) is 5.93. The molecule has 0 radical (unpaired) electrons. The smallest absolute Gasteiger partial charge is 0.407 e. The van der Waals surface area contributed by atoms with E-state index in [0.29, 0.717) is 37.5 Å². The Balaban J connectivity index is 1.20. The minimum atomic E-state index is -0.479. The topological polar surface area (TPSA) is 148 Å². The molecule has 2 heterocycles. The van der Waals surface area contributed by atoms with Crippen LogP contribution < -0.4 is 16.8 Å². The van der Waals surface area contributed by atoms with Gasteiger partial charge >= 0.3 is 6.09 Å². The van der Waals surface area contributed by atoms with E-state index in [9.17, 15) is 9.59 Å². The predicted octanol–water partition coefficient (Wildman–Crippen LogP) is 2.51. The summed E-state index contributed by atoms with van der Waals surface area (Å²) in [5, 5.41) is 2.92. The molecular formula is C25H30ClN7O3. The van der Waals surface area contributed by atoms with Crippen molar-refractivity contribution in [2.45, 2.75) is 37.9 Å². The number of aliphatic imine (C=N–C) groups is 3. The number of hydrogen-bond acceptors (Lipinski definition) is 8. The zero-order valence-corrected chi connectivity index (χ0v) is 20.8. The number of benzene rings is 1. The van der Waals surface area contributed by atoms with E-state index in [4.69, 9.17) is 27.8 Å². The summed E-state index contributed by atoms with van der Waals surface area (Å²) in [7, 11) is 0. The highest BCUT2D eigenvalue weighted by atomic mass is 35.5. The van der Waals surface area contributed by atoms with Crippen molar-refractivity contribution in [1.29, 1.82) is 0 Å². The van der Waals surface area contributed by atoms with Gasteiger partial charge in [0.1, 0.15) is 11.9 Å². The van der Waals surface area contributed by atoms with E-state index in [1.807, 2.05) is 23.1 Å². The summed E-state index contributed by atoms with van der Waals surface area (Å²) in [6.07, 6.45) is 8.55. The SMILES string of the molecule is CC1C=CC(CNC(=O)OCCCCN2C=NC3C(N)=NC(Cl)=NC32)=CC1c1ccccc1C(N)=O. The molecule has 4 unspecified atom stereocenters. The van der Waals surface area contributed by atoms with Gasteiger partial charge in [-0.15, -0.1) is 0 Å². The summed E-state index contributed by atoms with van der Waals surface area (Å²) in [6.45, 7) is 3.38. The molecule has 0 bridgehead atoms. The first kappa shape index (κ1) is 25.4. The monoisotopic (exact) mass is 511 g/mol. The molecule has 1 aliphatic carbocycles. The van der Waals surface area contributed by atoms with E-state index in [2.05, 4.69) is 39.4 Å². The van der Waals surface area contributed by atoms with Gasteiger partial charge in [0.25, 0.3) is 0 Å². The van der Waals surface area contributed by atoms with E-state index in [0.717, 1.165) is 17.6 Å². The molecule has 4 atom stereocenters. The van der Waals surface area contributed by atoms with Crippen LogP contribution in [0.4, 0.5) is 4.79 Å². The number of alkyl carbamates (subject to hydrolysis) is 1. The lowest BCUT2D eigenvalue weighted by Gasteiger charge is -2.26. The Hall–Kier alpha value is -3.66. The second-order valence-corrected chi connectivity index (χ2v) is 9.27. The van der Waals surface area contributed by atoms with Crippen molar-refractivity contribution in [3.63, 3.8) is 0 Å². The molecule has 0 saturated heterocycles. The van der Waals surface area contributed by atoms with Crippen molar-refractivity contribution >= 4 is 41.1 Å². The van der Waals surface area contributed by atoms with Gasteiger partial charge in [-0.05, 0) is 47.6 Å². The minimum Gasteiger partial charge on any atom is -0.450 e. The van der Waals surface area contributed by atoms with Crippen LogP contribution in [0.5, 0.6) is 0 Å². The molecule has 10 nitrogen and oxygen atoms in total. The largest absolute Gasteiger partial charge is 0.450 e. The van der Waals surface area contributed by atoms with Crippen LogP contribution >= 0.6 is 11.6 Å². The van der Waals surface area contributed by atoms with Crippen molar-refractivity contribution in [3.05, 3.63) is 59.2 Å². The average Bonchev–Trinajstić information content (AvgIpc) is 3.26. The molecule has 1 aromatic carbocycles. The highest BCUT2D eigenvalue weighted by Crippen LogP contribution is 2.33. The summed E-state index contributed by atoms with van der Waals surface area (Å²) in [5.74, 6) is 0.0926. The zero-order valence-electron chi connectivity index (χ0n) is 20.0. The van der Waals surface area contributed by atoms with Crippen LogP contribution in [0.25, 0.3) is 0 Å². The molecule has 3 aliphatic rings. The van der Waals surface area contributed by atoms with Gasteiger partial charge in [0.15, 0.2) is 6.17 Å². The molecule has 190 valence electrons. The third-order valence-electron chi connectivity index (χ3n) is 6.40. The fraction of sp³-hybridized carbons (Fsp3) is 0.400. The van der Waals surface area contributed by atoms with Gasteiger partial charge in [-0.2, -0.15) is 0 Å². The molecule has 0 fully saturated rings. The molecule has 2 aliphatic heterocycles. The second-order valence-electron chi connectivity index (χ2n) is 8.93. The maximum Gasteiger partial charge on any atom is 0.407 e. The number of amidine groups is 2. The molecule has 11 heteroatoms. The normalized spacial score (nSPS) is 24.5. The van der Waals surface area contributed by atoms with Crippen LogP contribution in [0, 0.1) is 5.92 Å². The number of halogens is 1. The standard InChI is InChI=1S/C25H30ClN7O3/c1-15-8-9-16(12-19(15)17-6-2-3-7-18(17)22(28)34)13-29-25(35)36-11-5-4-10-33-14-30-20-21(27)31-24(26)32-23(20)33/h2-3,6-9,12,14-15,19-20,23H,4-5,10-11,13H2,1H3,(H2,28,34)(H,29,35)(H2,27,31,32). The summed E-state index contributed by atoms with van der Waals surface area (Å²) in [4.78, 5) is 38.6. The maximum absolute atomic E-state index is 12.2. The summed E-state index contributed by atoms with van der Waals surface area (Å²) in [5.41, 5.74) is 13.8. The Morgan fingerprint density at radius 2 is 2.06 bits per heavy atom. The zero-order chi connectivity index (χ0) is 25.7. The van der Waals surface area contributed by atoms with Crippen LogP contribution in [0.2, 0.25) is 0 Å². The quantitative estimate of drug-likeness (QED) is 0.344. The number of unbranched alkanes of at least 4 members (excludes halogenated alkanes) is 1. The van der Waals surface area contributed by atoms with E-state index < -0.39 is 12.0 Å². The average molecular weight is 512 g/mol. The Morgan fingerprint density at radius 3 is 2.86 bits per heavy atom. The van der Waals surface area contributed by atoms with Gasteiger partial charge in [-0.1, -0.05) is 43.4 Å². The first-order valence-corrected chi connectivity index (χ1v) is 12.3. The Bertz CT molecular complexity index is 1160. The molecule has 0 aromatic heterocycles. The van der Waals surface area contributed by atoms with Gasteiger partial charge in [0.05, 0.1) is 12.9 Å². The predicted molar refractivity (Wildman–Crippen MR) is 140 cm³/mol. The van der Waals surface area contributed by atoms with Crippen LogP contribution in [0.1, 0.15) is 41.6 Å². The number of carbonyl (C=O) groups is 2. The minimum absolute atomic E-state index is 0.00903. The number of primary amides is 1. The molecule has 36 heavy (non-hydrogen) atoms. The lowest BCUT2D eigenvalue weighted by atomic mass is 9.80. The van der Waals surface area contributed by atoms with Gasteiger partial charge in [0.2, 0.25) is 11.2 Å². The number of rotatable bonds is 9. The number of allylic oxidation sites excluding steroid dienone is 2. The van der Waals surface area contributed by atoms with E-state index in [1.54, 1.807) is 18.5 Å². The highest BCUT2D eigenvalue weighted by molar-refractivity contribution is 6.65. The van der Waals surface area contributed by atoms with Crippen molar-refractivity contribution in [2.24, 2.45) is 32.4 Å². The Kier molecular flexibility index (Phi) is 8.04. The lowest BCUT2D eigenvalue weighted by molar-refractivity contribution is 0.0999. The van der Waals surface area contributed by atoms with Crippen LogP contribution in [0.15, 0.2) is 63.0 Å². The molecule has 5 N–H and O–H groups in total. The number of ether oxygens (including phenoxy) is 1. The molecule has 2 amide bonds. The fourth-order valence-electron chi connectivity index (χ4n) is 4.48. The lowest BCUT2D eigenvalue weighted by Crippen LogP contribution is -2.44. The molecule has 0 saturated carbocycles. The molecule has 1 aromatic rings. The van der Waals surface area contributed by atoms with Gasteiger partial charge in [-0.25, -0.2) is 14.8 Å². The highest BCUT2D eigenvalue weighted by Gasteiger charge is 2.35. The summed E-state index contributed by atoms with van der Waals surface area (Å²) < 4.78 is 5.32. The number of fused-ring (bicyclic) bond motifs is 1. The van der Waals surface area contributed by atoms with Crippen molar-refractivity contribution in [1.82, 2.24) is 10.2 Å². The van der Waals surface area contributed by atoms with Crippen LogP contribution in [-0.4, -0.2) is 66.3 Å². The number of amides is 2. The number of nitrogens with zero attached hydrogens (tertiary/aromatic N) is 4. The maximum atomic E-state index is 12.2. The first-order chi connectivity index (χ1) is 17.3. The molecule has 0 spiro atoms. The number of nitrogens with two attached hydrogens (primary N) is 2. The fourth-order valence-corrected chi connectivity index (χ4v) is 4.68. The van der Waals surface area contributed by atoms with Crippen molar-refractivity contribution in [3.8, 4) is 0 Å². The van der Waals surface area contributed by atoms with Gasteiger partial charge < -0.3 is 26.4 Å². The van der Waals surface area contributed by atoms with Gasteiger partial charge in [0, 0.05) is 24.6 Å².